The average Bonchev–Trinajstić information content (AvgIpc) is 2.11. The van der Waals surface area contributed by atoms with Crippen molar-refractivity contribution >= 4 is 92.6 Å². The van der Waals surface area contributed by atoms with Gasteiger partial charge in [-0.3, -0.25) is 9.59 Å². The summed E-state index contributed by atoms with van der Waals surface area (Å²) in [5.74, 6) is -1.68. The number of aliphatic carboxylic acids is 2. The molecule has 2 atom stereocenters. The predicted molar refractivity (Wildman–Crippen MR) is 67.6 cm³/mol. The van der Waals surface area contributed by atoms with Crippen LogP contribution in [-0.2, 0) is 9.59 Å². The van der Waals surface area contributed by atoms with E-state index in [9.17, 15) is 9.59 Å². The average molecular weight is 286 g/mol. The van der Waals surface area contributed by atoms with Gasteiger partial charge in [0, 0.05) is 70.6 Å². The molecule has 6 nitrogen and oxygen atoms in total. The first-order valence-electron chi connectivity index (χ1n) is 3.66. The minimum Gasteiger partial charge on any atom is -0.480 e. The van der Waals surface area contributed by atoms with Crippen molar-refractivity contribution in [2.45, 2.75) is 12.1 Å². The second kappa shape index (κ2) is 13.0. The Morgan fingerprint density at radius 1 is 0.938 bits per heavy atom. The topological polar surface area (TPSA) is 127 Å². The number of carbonyl (C=O) groups is 2. The van der Waals surface area contributed by atoms with Crippen LogP contribution in [0.5, 0.6) is 0 Å². The summed E-state index contributed by atoms with van der Waals surface area (Å²) in [5, 5.41) is 16.8. The quantitative estimate of drug-likeness (QED) is 0.251. The number of hydrogen-bond acceptors (Lipinski definition) is 6. The Labute approximate surface area is 146 Å². The van der Waals surface area contributed by atoms with E-state index in [0.717, 1.165) is 0 Å². The fraction of sp³-hybridized carbons (Fsp3) is 0.667. The van der Waals surface area contributed by atoms with Crippen molar-refractivity contribution < 1.29 is 19.8 Å². The van der Waals surface area contributed by atoms with Crippen LogP contribution >= 0.6 is 21.6 Å². The van der Waals surface area contributed by atoms with E-state index in [2.05, 4.69) is 0 Å². The summed E-state index contributed by atoms with van der Waals surface area (Å²) in [5.41, 5.74) is 10.4. The van der Waals surface area contributed by atoms with Crippen LogP contribution in [0, 0.1) is 0 Å². The summed E-state index contributed by atoms with van der Waals surface area (Å²) in [6, 6.07) is -1.85. The summed E-state index contributed by atoms with van der Waals surface area (Å²) >= 11 is 0. The maximum absolute atomic E-state index is 10.3. The first-order valence-corrected chi connectivity index (χ1v) is 6.15. The normalized spacial score (nSPS) is 12.9. The molecule has 0 spiro atoms. The van der Waals surface area contributed by atoms with Crippen LogP contribution in [0.3, 0.4) is 0 Å². The second-order valence-electron chi connectivity index (χ2n) is 2.46. The molecule has 16 heavy (non-hydrogen) atoms. The van der Waals surface area contributed by atoms with Crippen molar-refractivity contribution in [3.8, 4) is 0 Å². The van der Waals surface area contributed by atoms with Crippen LogP contribution in [0.15, 0.2) is 0 Å². The van der Waals surface area contributed by atoms with Gasteiger partial charge in [-0.25, -0.2) is 0 Å². The molecule has 0 bridgehead atoms. The molecular weight excluding hydrogens is 274 g/mol. The third-order valence-electron chi connectivity index (χ3n) is 1.21. The molecule has 0 fully saturated rings. The second-order valence-corrected chi connectivity index (χ2v) is 5.01. The number of carboxylic acid groups (broad SMARTS) is 2. The third kappa shape index (κ3) is 12.0. The van der Waals surface area contributed by atoms with E-state index in [1.165, 1.54) is 21.6 Å². The Hall–Kier alpha value is 1.56. The number of nitrogens with two attached hydrogens (primary N) is 2. The molecule has 0 aromatic rings. The minimum absolute atomic E-state index is 0. The Bertz CT molecular complexity index is 201. The van der Waals surface area contributed by atoms with Crippen molar-refractivity contribution in [2.75, 3.05) is 11.5 Å². The zero-order valence-electron chi connectivity index (χ0n) is 9.25. The van der Waals surface area contributed by atoms with Gasteiger partial charge < -0.3 is 21.7 Å². The van der Waals surface area contributed by atoms with Crippen molar-refractivity contribution in [2.24, 2.45) is 11.5 Å². The van der Waals surface area contributed by atoms with Crippen LogP contribution in [-0.4, -0.2) is 105 Å². The van der Waals surface area contributed by atoms with E-state index in [1.54, 1.807) is 0 Å². The standard InChI is InChI=1S/C6H12N2O4S2.2Na/c7-3(5(9)10)1-13-14-2-4(8)6(11)12;;/h3-4H,1-2,7-8H2,(H,9,10)(H,11,12);;/t3-,4-;;/m0../s1. The van der Waals surface area contributed by atoms with E-state index in [1.807, 2.05) is 0 Å². The zero-order chi connectivity index (χ0) is 11.1. The first kappa shape index (κ1) is 22.7. The Morgan fingerprint density at radius 3 is 1.38 bits per heavy atom. The molecule has 0 amide bonds. The molecule has 0 saturated carbocycles. The van der Waals surface area contributed by atoms with Gasteiger partial charge in [0.05, 0.1) is 0 Å². The number of carboxylic acids is 2. The molecule has 0 heterocycles. The van der Waals surface area contributed by atoms with Crippen LogP contribution in [0.4, 0.5) is 0 Å². The smallest absolute Gasteiger partial charge is 0.321 e. The van der Waals surface area contributed by atoms with E-state index >= 15 is 0 Å². The van der Waals surface area contributed by atoms with Gasteiger partial charge in [0.1, 0.15) is 12.1 Å². The molecule has 6 N–H and O–H groups in total. The summed E-state index contributed by atoms with van der Waals surface area (Å²) in [6.07, 6.45) is 0. The fourth-order valence-corrected chi connectivity index (χ4v) is 2.61. The van der Waals surface area contributed by atoms with Crippen molar-refractivity contribution in [3.63, 3.8) is 0 Å². The van der Waals surface area contributed by atoms with Crippen LogP contribution in [0.1, 0.15) is 0 Å². The number of rotatable bonds is 7. The Kier molecular flexibility index (Phi) is 18.5. The molecule has 0 rings (SSSR count). The third-order valence-corrected chi connectivity index (χ3v) is 3.69. The van der Waals surface area contributed by atoms with Gasteiger partial charge in [-0.1, -0.05) is 21.6 Å². The van der Waals surface area contributed by atoms with Gasteiger partial charge in [0.15, 0.2) is 0 Å². The summed E-state index contributed by atoms with van der Waals surface area (Å²) in [6.45, 7) is 0. The van der Waals surface area contributed by atoms with Gasteiger partial charge in [-0.05, 0) is 0 Å². The Balaban J connectivity index is -0.000000845. The maximum atomic E-state index is 10.3. The van der Waals surface area contributed by atoms with Gasteiger partial charge in [0.25, 0.3) is 0 Å². The summed E-state index contributed by atoms with van der Waals surface area (Å²) in [7, 11) is 2.41. The first-order chi connectivity index (χ1) is 6.45. The van der Waals surface area contributed by atoms with Gasteiger partial charge >= 0.3 is 11.9 Å². The van der Waals surface area contributed by atoms with Crippen LogP contribution in [0.2, 0.25) is 0 Å². The molecule has 0 aromatic carbocycles. The Morgan fingerprint density at radius 2 is 1.19 bits per heavy atom. The maximum Gasteiger partial charge on any atom is 0.321 e. The molecule has 0 aliphatic rings. The van der Waals surface area contributed by atoms with Crippen LogP contribution in [0.25, 0.3) is 0 Å². The zero-order valence-corrected chi connectivity index (χ0v) is 14.9. The molecular formula is C6H12N2Na2O4S2. The van der Waals surface area contributed by atoms with Gasteiger partial charge in [0.2, 0.25) is 0 Å². The van der Waals surface area contributed by atoms with Crippen LogP contribution < -0.4 is 11.5 Å². The molecule has 10 heteroatoms. The molecule has 0 aliphatic carbocycles. The monoisotopic (exact) mass is 286 g/mol. The van der Waals surface area contributed by atoms with Crippen molar-refractivity contribution in [3.05, 3.63) is 0 Å². The van der Waals surface area contributed by atoms with E-state index < -0.39 is 24.0 Å². The number of hydrogen-bond donors (Lipinski definition) is 4. The van der Waals surface area contributed by atoms with Gasteiger partial charge in [-0.15, -0.1) is 0 Å². The molecule has 84 valence electrons. The largest absolute Gasteiger partial charge is 0.480 e. The molecule has 0 unspecified atom stereocenters. The summed E-state index contributed by atoms with van der Waals surface area (Å²) in [4.78, 5) is 20.5. The van der Waals surface area contributed by atoms with Crippen molar-refractivity contribution in [1.82, 2.24) is 0 Å². The fourth-order valence-electron chi connectivity index (χ4n) is 0.385. The van der Waals surface area contributed by atoms with E-state index in [0.29, 0.717) is 0 Å². The molecule has 0 aromatic heterocycles. The minimum atomic E-state index is -1.07. The SMILES string of the molecule is N[C@@H](CSSC[C@H](N)C(=O)O)C(=O)O.[Na].[Na]. The van der Waals surface area contributed by atoms with Crippen molar-refractivity contribution in [1.29, 1.82) is 0 Å². The summed E-state index contributed by atoms with van der Waals surface area (Å²) < 4.78 is 0. The van der Waals surface area contributed by atoms with E-state index in [4.69, 9.17) is 21.7 Å². The predicted octanol–water partition coefficient (Wildman–Crippen LogP) is -1.57. The van der Waals surface area contributed by atoms with Gasteiger partial charge in [-0.2, -0.15) is 0 Å². The molecule has 2 radical (unpaired) electrons. The van der Waals surface area contributed by atoms with E-state index in [-0.39, 0.29) is 70.6 Å². The molecule has 0 aliphatic heterocycles. The molecule has 0 saturated heterocycles.